The summed E-state index contributed by atoms with van der Waals surface area (Å²) in [4.78, 5) is 49.3. The number of carbonyl (C=O) groups excluding carboxylic acids is 3. The van der Waals surface area contributed by atoms with E-state index in [2.05, 4.69) is 57.2 Å². The Morgan fingerprint density at radius 3 is 2.09 bits per heavy atom. The van der Waals surface area contributed by atoms with E-state index in [0.717, 1.165) is 28.0 Å². The normalized spacial score (nSPS) is 18.1. The standard InChI is InChI=1S/C33H30N6O5S2/c1-44-38-25(24-19-46-32(34)36-24)28(40)37-26-29(41)39-27(31(42)43)20(18-45-30(26)39)17-35-33(21-11-5-2-6-12-21,22-13-7-3-8-14-22)23-15-9-4-10-16-23/h2-16,19,26,30,35H,17-18H2,1H3,(H2,34,36)(H,37,40)(H,42,43)/b38-25-. The molecule has 3 heterocycles. The second-order valence-corrected chi connectivity index (χ2v) is 12.6. The summed E-state index contributed by atoms with van der Waals surface area (Å²) in [5.41, 5.74) is 8.48. The molecule has 2 atom stereocenters. The van der Waals surface area contributed by atoms with Crippen LogP contribution >= 0.6 is 23.1 Å². The lowest BCUT2D eigenvalue weighted by Gasteiger charge is -2.50. The Morgan fingerprint density at radius 1 is 1.04 bits per heavy atom. The highest BCUT2D eigenvalue weighted by molar-refractivity contribution is 8.00. The molecule has 11 nitrogen and oxygen atoms in total. The number of carboxylic acid groups (broad SMARTS) is 1. The Balaban J connectivity index is 1.30. The minimum absolute atomic E-state index is 0.146. The predicted molar refractivity (Wildman–Crippen MR) is 173 cm³/mol. The molecule has 0 aliphatic carbocycles. The average molecular weight is 655 g/mol. The summed E-state index contributed by atoms with van der Waals surface area (Å²) in [6, 6.07) is 29.1. The van der Waals surface area contributed by atoms with Crippen LogP contribution in [0.4, 0.5) is 5.13 Å². The largest absolute Gasteiger partial charge is 0.543 e. The fourth-order valence-corrected chi connectivity index (χ4v) is 7.87. The van der Waals surface area contributed by atoms with Gasteiger partial charge in [-0.05, 0) is 0 Å². The number of thiazole rings is 1. The molecule has 46 heavy (non-hydrogen) atoms. The number of oxime groups is 1. The summed E-state index contributed by atoms with van der Waals surface area (Å²) in [5, 5.41) is 22.3. The fourth-order valence-electron chi connectivity index (χ4n) is 5.96. The number of rotatable bonds is 11. The summed E-state index contributed by atoms with van der Waals surface area (Å²) in [6.07, 6.45) is 0. The second kappa shape index (κ2) is 13.2. The number of nitrogens with two attached hydrogens (primary N) is 2. The number of anilines is 1. The third kappa shape index (κ3) is 5.64. The van der Waals surface area contributed by atoms with E-state index >= 15 is 0 Å². The van der Waals surface area contributed by atoms with Gasteiger partial charge >= 0.3 is 0 Å². The van der Waals surface area contributed by atoms with Crippen molar-refractivity contribution >= 4 is 51.7 Å². The number of thioether (sulfide) groups is 1. The molecule has 0 saturated carbocycles. The van der Waals surface area contributed by atoms with Crippen molar-refractivity contribution in [3.05, 3.63) is 130 Å². The first kappa shape index (κ1) is 31.0. The Hall–Kier alpha value is -4.98. The number of fused-ring (bicyclic) bond motifs is 1. The maximum absolute atomic E-state index is 13.4. The third-order valence-corrected chi connectivity index (χ3v) is 10.0. The van der Waals surface area contributed by atoms with Crippen LogP contribution in [0.15, 0.2) is 113 Å². The molecule has 2 aliphatic rings. The number of carboxylic acids is 1. The van der Waals surface area contributed by atoms with Crippen LogP contribution in [-0.2, 0) is 24.8 Å². The number of aromatic nitrogens is 1. The molecule has 1 fully saturated rings. The van der Waals surface area contributed by atoms with Crippen LogP contribution in [0, 0.1) is 0 Å². The van der Waals surface area contributed by atoms with Crippen molar-refractivity contribution < 1.29 is 29.6 Å². The Morgan fingerprint density at radius 2 is 1.61 bits per heavy atom. The highest BCUT2D eigenvalue weighted by atomic mass is 32.2. The molecule has 0 radical (unpaired) electrons. The minimum Gasteiger partial charge on any atom is -0.543 e. The van der Waals surface area contributed by atoms with Gasteiger partial charge in [0.05, 0.1) is 11.7 Å². The molecule has 234 valence electrons. The highest BCUT2D eigenvalue weighted by Gasteiger charge is 2.53. The number of hydrogen-bond donors (Lipinski definition) is 3. The smallest absolute Gasteiger partial charge is 0.276 e. The van der Waals surface area contributed by atoms with Gasteiger partial charge in [0.2, 0.25) is 0 Å². The average Bonchev–Trinajstić information content (AvgIpc) is 3.52. The number of amides is 2. The number of quaternary nitrogens is 1. The van der Waals surface area contributed by atoms with Crippen molar-refractivity contribution in [2.75, 3.05) is 25.1 Å². The molecular weight excluding hydrogens is 625 g/mol. The summed E-state index contributed by atoms with van der Waals surface area (Å²) in [7, 11) is 1.29. The number of nitrogens with one attached hydrogen (secondary N) is 1. The summed E-state index contributed by atoms with van der Waals surface area (Å²) in [5.74, 6) is -2.38. The number of β-lactam (4-membered cyclic amide) rings is 1. The lowest BCUT2D eigenvalue weighted by atomic mass is 9.77. The first-order valence-corrected chi connectivity index (χ1v) is 16.3. The van der Waals surface area contributed by atoms with Crippen LogP contribution in [-0.4, -0.2) is 64.2 Å². The zero-order chi connectivity index (χ0) is 32.3. The molecule has 2 amide bonds. The first-order valence-electron chi connectivity index (χ1n) is 14.4. The third-order valence-electron chi connectivity index (χ3n) is 8.03. The van der Waals surface area contributed by atoms with Gasteiger partial charge in [0.15, 0.2) is 16.4 Å². The van der Waals surface area contributed by atoms with Gasteiger partial charge in [-0.15, -0.1) is 23.1 Å². The van der Waals surface area contributed by atoms with Crippen LogP contribution in [0.2, 0.25) is 0 Å². The summed E-state index contributed by atoms with van der Waals surface area (Å²) >= 11 is 2.50. The van der Waals surface area contributed by atoms with Gasteiger partial charge in [-0.25, -0.2) is 4.98 Å². The van der Waals surface area contributed by atoms with Crippen molar-refractivity contribution in [3.63, 3.8) is 0 Å². The lowest BCUT2D eigenvalue weighted by Crippen LogP contribution is -2.96. The second-order valence-electron chi connectivity index (χ2n) is 10.6. The number of aliphatic carboxylic acids is 1. The summed E-state index contributed by atoms with van der Waals surface area (Å²) < 4.78 is 0. The van der Waals surface area contributed by atoms with Crippen molar-refractivity contribution in [2.45, 2.75) is 17.0 Å². The van der Waals surface area contributed by atoms with Crippen LogP contribution in [0.3, 0.4) is 0 Å². The molecule has 2 aliphatic heterocycles. The predicted octanol–water partition coefficient (Wildman–Crippen LogP) is 1.04. The molecule has 13 heteroatoms. The Kier molecular flexibility index (Phi) is 8.88. The van der Waals surface area contributed by atoms with Gasteiger partial charge in [0.25, 0.3) is 11.8 Å². The molecule has 1 saturated heterocycles. The molecule has 0 bridgehead atoms. The lowest BCUT2D eigenvalue weighted by molar-refractivity contribution is -0.710. The van der Waals surface area contributed by atoms with Crippen LogP contribution in [0.5, 0.6) is 0 Å². The van der Waals surface area contributed by atoms with E-state index in [9.17, 15) is 19.5 Å². The van der Waals surface area contributed by atoms with Crippen LogP contribution < -0.4 is 21.5 Å². The molecule has 3 aromatic carbocycles. The Labute approximate surface area is 273 Å². The van der Waals surface area contributed by atoms with Gasteiger partial charge < -0.3 is 31.1 Å². The van der Waals surface area contributed by atoms with E-state index in [1.165, 1.54) is 23.8 Å². The van der Waals surface area contributed by atoms with Crippen molar-refractivity contribution in [2.24, 2.45) is 5.16 Å². The minimum atomic E-state index is -1.45. The topological polar surface area (TPSA) is 167 Å². The zero-order valence-electron chi connectivity index (χ0n) is 24.7. The van der Waals surface area contributed by atoms with Gasteiger partial charge in [0.1, 0.15) is 30.8 Å². The van der Waals surface area contributed by atoms with E-state index in [1.54, 1.807) is 5.38 Å². The monoisotopic (exact) mass is 654 g/mol. The molecular formula is C33H30N6O5S2. The van der Waals surface area contributed by atoms with Crippen LogP contribution in [0.1, 0.15) is 22.4 Å². The zero-order valence-corrected chi connectivity index (χ0v) is 26.3. The number of nitrogen functional groups attached to an aromatic ring is 1. The maximum Gasteiger partial charge on any atom is 0.276 e. The van der Waals surface area contributed by atoms with E-state index < -0.39 is 34.7 Å². The SMILES string of the molecule is CO/N=C(\C(=O)NC1C(=O)N2C(C(=O)[O-])=C(C[NH2+]C(c3ccccc3)(c3ccccc3)c3ccccc3)CSC12)c1csc(N)n1. The molecule has 2 unspecified atom stereocenters. The molecule has 1 aromatic heterocycles. The van der Waals surface area contributed by atoms with Gasteiger partial charge in [-0.3, -0.25) is 14.5 Å². The molecule has 6 rings (SSSR count). The van der Waals surface area contributed by atoms with Crippen LogP contribution in [0.25, 0.3) is 0 Å². The quantitative estimate of drug-likeness (QED) is 0.0934. The maximum atomic E-state index is 13.4. The van der Waals surface area contributed by atoms with E-state index in [1.807, 2.05) is 54.6 Å². The van der Waals surface area contributed by atoms with Gasteiger partial charge in [-0.1, -0.05) is 96.2 Å². The molecule has 4 aromatic rings. The highest BCUT2D eigenvalue weighted by Crippen LogP contribution is 2.40. The number of benzene rings is 3. The number of hydrogen-bond acceptors (Lipinski definition) is 10. The first-order chi connectivity index (χ1) is 22.3. The van der Waals surface area contributed by atoms with Gasteiger partial charge in [-0.2, -0.15) is 0 Å². The van der Waals surface area contributed by atoms with E-state index in [-0.39, 0.29) is 28.8 Å². The number of carbonyl (C=O) groups is 3. The fraction of sp³-hybridized carbons (Fsp3) is 0.182. The van der Waals surface area contributed by atoms with Crippen molar-refractivity contribution in [1.82, 2.24) is 15.2 Å². The van der Waals surface area contributed by atoms with Gasteiger partial charge in [0, 0.05) is 33.4 Å². The number of nitrogens with zero attached hydrogens (tertiary/aromatic N) is 3. The van der Waals surface area contributed by atoms with Crippen molar-refractivity contribution in [1.29, 1.82) is 0 Å². The van der Waals surface area contributed by atoms with E-state index in [0.29, 0.717) is 11.3 Å². The summed E-state index contributed by atoms with van der Waals surface area (Å²) in [6.45, 7) is 0.262. The Bertz CT molecular complexity index is 1720. The molecule has 5 N–H and O–H groups in total. The molecule has 0 spiro atoms. The van der Waals surface area contributed by atoms with E-state index in [4.69, 9.17) is 10.6 Å². The van der Waals surface area contributed by atoms with Crippen molar-refractivity contribution in [3.8, 4) is 0 Å².